The average molecular weight is 344 g/mol. The van der Waals surface area contributed by atoms with Gasteiger partial charge in [0.05, 0.1) is 5.54 Å². The number of ether oxygens (including phenoxy) is 1. The molecule has 8 heteroatoms. The number of carbonyl (C=O) groups excluding carboxylic acids is 2. The molecule has 1 aromatic carbocycles. The number of nitrogens with one attached hydrogen (secondary N) is 2. The van der Waals surface area contributed by atoms with E-state index in [0.717, 1.165) is 0 Å². The normalized spacial score (nSPS) is 18.7. The lowest BCUT2D eigenvalue weighted by Gasteiger charge is -2.30. The number of hydrogen-bond donors (Lipinski definition) is 2. The summed E-state index contributed by atoms with van der Waals surface area (Å²) in [6, 6.07) is 5.33. The highest BCUT2D eigenvalue weighted by Gasteiger charge is 2.32. The van der Waals surface area contributed by atoms with E-state index < -0.39 is 17.8 Å². The molecule has 2 rings (SSSR count). The third-order valence-corrected chi connectivity index (χ3v) is 3.86. The predicted molar refractivity (Wildman–Crippen MR) is 80.0 cm³/mol. The molecular formula is C16H19F3N2O3. The first kappa shape index (κ1) is 18.1. The van der Waals surface area contributed by atoms with Gasteiger partial charge in [0, 0.05) is 18.9 Å². The van der Waals surface area contributed by atoms with Crippen molar-refractivity contribution in [3.05, 3.63) is 29.8 Å². The lowest BCUT2D eigenvalue weighted by molar-refractivity contribution is -0.274. The van der Waals surface area contributed by atoms with Gasteiger partial charge in [-0.05, 0) is 38.0 Å². The second-order valence-corrected chi connectivity index (χ2v) is 6.23. The number of hydrogen-bond acceptors (Lipinski definition) is 3. The Balaban J connectivity index is 2.03. The van der Waals surface area contributed by atoms with Crippen LogP contribution in [0.2, 0.25) is 0 Å². The maximum atomic E-state index is 12.3. The molecule has 1 fully saturated rings. The molecule has 0 aliphatic carbocycles. The molecule has 0 bridgehead atoms. The Morgan fingerprint density at radius 2 is 1.88 bits per heavy atom. The summed E-state index contributed by atoms with van der Waals surface area (Å²) in [5.41, 5.74) is -0.160. The fraction of sp³-hybridized carbons (Fsp3) is 0.500. The van der Waals surface area contributed by atoms with Gasteiger partial charge < -0.3 is 15.4 Å². The van der Waals surface area contributed by atoms with Crippen molar-refractivity contribution in [1.29, 1.82) is 0 Å². The Labute approximate surface area is 137 Å². The Bertz CT molecular complexity index is 612. The number of amides is 2. The summed E-state index contributed by atoms with van der Waals surface area (Å²) >= 11 is 0. The van der Waals surface area contributed by atoms with E-state index in [-0.39, 0.29) is 24.0 Å². The molecule has 0 radical (unpaired) electrons. The second-order valence-electron chi connectivity index (χ2n) is 6.23. The van der Waals surface area contributed by atoms with Gasteiger partial charge in [-0.25, -0.2) is 0 Å². The van der Waals surface area contributed by atoms with Crippen molar-refractivity contribution in [2.75, 3.05) is 6.54 Å². The van der Waals surface area contributed by atoms with Gasteiger partial charge in [0.25, 0.3) is 0 Å². The zero-order valence-electron chi connectivity index (χ0n) is 13.4. The van der Waals surface area contributed by atoms with Gasteiger partial charge in [-0.15, -0.1) is 13.2 Å². The SMILES string of the molecule is CC(C)(NC(=O)[C@@H]1CCNC(=O)C1)c1ccc(OC(F)(F)F)cc1. The highest BCUT2D eigenvalue weighted by Crippen LogP contribution is 2.27. The van der Waals surface area contributed by atoms with E-state index in [2.05, 4.69) is 15.4 Å². The summed E-state index contributed by atoms with van der Waals surface area (Å²) in [4.78, 5) is 23.7. The van der Waals surface area contributed by atoms with Crippen molar-refractivity contribution in [1.82, 2.24) is 10.6 Å². The Hall–Kier alpha value is -2.25. The maximum absolute atomic E-state index is 12.3. The van der Waals surface area contributed by atoms with Crippen LogP contribution in [0.5, 0.6) is 5.75 Å². The molecule has 2 N–H and O–H groups in total. The van der Waals surface area contributed by atoms with Gasteiger partial charge in [-0.1, -0.05) is 12.1 Å². The van der Waals surface area contributed by atoms with Gasteiger partial charge >= 0.3 is 6.36 Å². The fourth-order valence-electron chi connectivity index (χ4n) is 2.56. The van der Waals surface area contributed by atoms with Crippen molar-refractivity contribution in [3.63, 3.8) is 0 Å². The zero-order valence-corrected chi connectivity index (χ0v) is 13.4. The molecule has 0 spiro atoms. The van der Waals surface area contributed by atoms with Crippen LogP contribution in [0.4, 0.5) is 13.2 Å². The average Bonchev–Trinajstić information content (AvgIpc) is 2.45. The van der Waals surface area contributed by atoms with Gasteiger partial charge in [0.15, 0.2) is 0 Å². The molecule has 1 aromatic rings. The van der Waals surface area contributed by atoms with E-state index >= 15 is 0 Å². The Morgan fingerprint density at radius 1 is 1.25 bits per heavy atom. The third kappa shape index (κ3) is 4.87. The molecule has 1 aliphatic rings. The van der Waals surface area contributed by atoms with Crippen LogP contribution in [0, 0.1) is 5.92 Å². The topological polar surface area (TPSA) is 67.4 Å². The van der Waals surface area contributed by atoms with E-state index in [1.807, 2.05) is 0 Å². The summed E-state index contributed by atoms with van der Waals surface area (Å²) in [7, 11) is 0. The summed E-state index contributed by atoms with van der Waals surface area (Å²) in [6.07, 6.45) is -4.04. The summed E-state index contributed by atoms with van der Waals surface area (Å²) in [5.74, 6) is -1.12. The van der Waals surface area contributed by atoms with Crippen molar-refractivity contribution < 1.29 is 27.5 Å². The first-order chi connectivity index (χ1) is 11.1. The lowest BCUT2D eigenvalue weighted by Crippen LogP contribution is -2.47. The third-order valence-electron chi connectivity index (χ3n) is 3.86. The quantitative estimate of drug-likeness (QED) is 0.882. The maximum Gasteiger partial charge on any atom is 0.573 e. The van der Waals surface area contributed by atoms with Crippen LogP contribution in [0.3, 0.4) is 0 Å². The zero-order chi connectivity index (χ0) is 18.0. The van der Waals surface area contributed by atoms with Gasteiger partial charge in [-0.2, -0.15) is 0 Å². The van der Waals surface area contributed by atoms with Crippen LogP contribution in [0.1, 0.15) is 32.3 Å². The fourth-order valence-corrected chi connectivity index (χ4v) is 2.56. The molecule has 24 heavy (non-hydrogen) atoms. The highest BCUT2D eigenvalue weighted by atomic mass is 19.4. The predicted octanol–water partition coefficient (Wildman–Crippen LogP) is 2.46. The van der Waals surface area contributed by atoms with Crippen molar-refractivity contribution in [3.8, 4) is 5.75 Å². The first-order valence-electron chi connectivity index (χ1n) is 7.52. The minimum Gasteiger partial charge on any atom is -0.406 e. The lowest BCUT2D eigenvalue weighted by atomic mass is 9.91. The smallest absolute Gasteiger partial charge is 0.406 e. The van der Waals surface area contributed by atoms with Crippen LogP contribution in [-0.4, -0.2) is 24.7 Å². The molecule has 5 nitrogen and oxygen atoms in total. The molecule has 1 aliphatic heterocycles. The van der Waals surface area contributed by atoms with Gasteiger partial charge in [0.1, 0.15) is 5.75 Å². The molecule has 0 saturated carbocycles. The van der Waals surface area contributed by atoms with Crippen LogP contribution in [0.25, 0.3) is 0 Å². The summed E-state index contributed by atoms with van der Waals surface area (Å²) in [5, 5.41) is 5.51. The van der Waals surface area contributed by atoms with Crippen LogP contribution < -0.4 is 15.4 Å². The molecular weight excluding hydrogens is 325 g/mol. The molecule has 2 amide bonds. The van der Waals surface area contributed by atoms with E-state index in [1.54, 1.807) is 13.8 Å². The van der Waals surface area contributed by atoms with E-state index in [0.29, 0.717) is 18.5 Å². The van der Waals surface area contributed by atoms with Crippen molar-refractivity contribution in [2.45, 2.75) is 38.6 Å². The van der Waals surface area contributed by atoms with Crippen molar-refractivity contribution >= 4 is 11.8 Å². The number of piperidine rings is 1. The molecule has 0 aromatic heterocycles. The van der Waals surface area contributed by atoms with E-state index in [1.165, 1.54) is 24.3 Å². The van der Waals surface area contributed by atoms with Crippen LogP contribution in [0.15, 0.2) is 24.3 Å². The molecule has 132 valence electrons. The molecule has 1 atom stereocenters. The number of benzene rings is 1. The van der Waals surface area contributed by atoms with E-state index in [9.17, 15) is 22.8 Å². The standard InChI is InChI=1S/C16H19F3N2O3/c1-15(2,21-14(23)10-7-8-20-13(22)9-10)11-3-5-12(6-4-11)24-16(17,18)19/h3-6,10H,7-9H2,1-2H3,(H,20,22)(H,21,23)/t10-/m1/s1. The van der Waals surface area contributed by atoms with Crippen LogP contribution >= 0.6 is 0 Å². The number of alkyl halides is 3. The minimum absolute atomic E-state index is 0.139. The summed E-state index contributed by atoms with van der Waals surface area (Å²) in [6.45, 7) is 3.95. The largest absolute Gasteiger partial charge is 0.573 e. The first-order valence-corrected chi connectivity index (χ1v) is 7.52. The van der Waals surface area contributed by atoms with Gasteiger partial charge in [0.2, 0.25) is 11.8 Å². The Kier molecular flexibility index (Phi) is 5.05. The highest BCUT2D eigenvalue weighted by molar-refractivity contribution is 5.87. The molecule has 0 unspecified atom stereocenters. The monoisotopic (exact) mass is 344 g/mol. The Morgan fingerprint density at radius 3 is 2.42 bits per heavy atom. The summed E-state index contributed by atoms with van der Waals surface area (Å²) < 4.78 is 40.3. The number of halogens is 3. The minimum atomic E-state index is -4.74. The number of carbonyl (C=O) groups is 2. The molecule has 1 saturated heterocycles. The van der Waals surface area contributed by atoms with E-state index in [4.69, 9.17) is 0 Å². The second kappa shape index (κ2) is 6.70. The molecule has 1 heterocycles. The number of rotatable bonds is 4. The van der Waals surface area contributed by atoms with Crippen LogP contribution in [-0.2, 0) is 15.1 Å². The van der Waals surface area contributed by atoms with Gasteiger partial charge in [-0.3, -0.25) is 9.59 Å². The van der Waals surface area contributed by atoms with Crippen molar-refractivity contribution in [2.24, 2.45) is 5.92 Å².